The van der Waals surface area contributed by atoms with Gasteiger partial charge < -0.3 is 20.3 Å². The predicted octanol–water partition coefficient (Wildman–Crippen LogP) is 1.47. The van der Waals surface area contributed by atoms with E-state index in [1.807, 2.05) is 19.1 Å². The molecule has 1 rings (SSSR count). The fourth-order valence-corrected chi connectivity index (χ4v) is 1.30. The smallest absolute Gasteiger partial charge is 0.161 e. The third-order valence-corrected chi connectivity index (χ3v) is 2.19. The van der Waals surface area contributed by atoms with Gasteiger partial charge in [-0.1, -0.05) is 6.07 Å². The van der Waals surface area contributed by atoms with Crippen LogP contribution in [-0.4, -0.2) is 24.9 Å². The highest BCUT2D eigenvalue weighted by Gasteiger charge is 2.08. The molecule has 0 heterocycles. The highest BCUT2D eigenvalue weighted by atomic mass is 16.5. The Kier molecular flexibility index (Phi) is 4.58. The van der Waals surface area contributed by atoms with Crippen molar-refractivity contribution in [1.82, 2.24) is 0 Å². The Hall–Kier alpha value is -1.26. The largest absolute Gasteiger partial charge is 0.493 e. The van der Waals surface area contributed by atoms with Gasteiger partial charge >= 0.3 is 0 Å². The SMILES string of the molecule is COc1cc([C@H](C)N)ccc1OCC(C)O. The molecule has 1 aromatic carbocycles. The fraction of sp³-hybridized carbons (Fsp3) is 0.500. The maximum absolute atomic E-state index is 9.13. The lowest BCUT2D eigenvalue weighted by Crippen LogP contribution is -2.13. The number of aliphatic hydroxyl groups is 1. The topological polar surface area (TPSA) is 64.7 Å². The average Bonchev–Trinajstić information content (AvgIpc) is 2.25. The number of hydrogen-bond acceptors (Lipinski definition) is 4. The van der Waals surface area contributed by atoms with Crippen molar-refractivity contribution in [2.75, 3.05) is 13.7 Å². The van der Waals surface area contributed by atoms with Gasteiger partial charge in [0.15, 0.2) is 11.5 Å². The van der Waals surface area contributed by atoms with Crippen LogP contribution in [-0.2, 0) is 0 Å². The van der Waals surface area contributed by atoms with Crippen molar-refractivity contribution in [3.8, 4) is 11.5 Å². The fourth-order valence-electron chi connectivity index (χ4n) is 1.30. The Morgan fingerprint density at radius 3 is 2.50 bits per heavy atom. The van der Waals surface area contributed by atoms with Gasteiger partial charge in [-0.2, -0.15) is 0 Å². The zero-order valence-electron chi connectivity index (χ0n) is 9.93. The molecule has 0 spiro atoms. The minimum atomic E-state index is -0.502. The van der Waals surface area contributed by atoms with Crippen molar-refractivity contribution in [2.45, 2.75) is 26.0 Å². The van der Waals surface area contributed by atoms with Gasteiger partial charge in [-0.05, 0) is 31.5 Å². The van der Waals surface area contributed by atoms with Crippen molar-refractivity contribution in [2.24, 2.45) is 5.73 Å². The Labute approximate surface area is 96.0 Å². The number of benzene rings is 1. The van der Waals surface area contributed by atoms with Gasteiger partial charge in [0.2, 0.25) is 0 Å². The van der Waals surface area contributed by atoms with Gasteiger partial charge in [-0.25, -0.2) is 0 Å². The molecular formula is C12H19NO3. The summed E-state index contributed by atoms with van der Waals surface area (Å²) in [5.74, 6) is 1.25. The standard InChI is InChI=1S/C12H19NO3/c1-8(14)7-16-11-5-4-10(9(2)13)6-12(11)15-3/h4-6,8-9,14H,7,13H2,1-3H3/t8?,9-/m0/s1. The van der Waals surface area contributed by atoms with E-state index in [1.54, 1.807) is 20.1 Å². The molecule has 1 unspecified atom stereocenters. The zero-order valence-corrected chi connectivity index (χ0v) is 9.93. The minimum Gasteiger partial charge on any atom is -0.493 e. The lowest BCUT2D eigenvalue weighted by Gasteiger charge is -2.14. The van der Waals surface area contributed by atoms with Crippen LogP contribution in [0.15, 0.2) is 18.2 Å². The molecule has 0 aromatic heterocycles. The van der Waals surface area contributed by atoms with Crippen LogP contribution in [0.1, 0.15) is 25.5 Å². The van der Waals surface area contributed by atoms with Crippen LogP contribution in [0.4, 0.5) is 0 Å². The van der Waals surface area contributed by atoms with Crippen molar-refractivity contribution in [3.05, 3.63) is 23.8 Å². The Morgan fingerprint density at radius 1 is 1.31 bits per heavy atom. The first kappa shape index (κ1) is 12.8. The summed E-state index contributed by atoms with van der Waals surface area (Å²) in [7, 11) is 1.58. The second kappa shape index (κ2) is 5.72. The monoisotopic (exact) mass is 225 g/mol. The summed E-state index contributed by atoms with van der Waals surface area (Å²) in [6, 6.07) is 5.51. The van der Waals surface area contributed by atoms with Crippen LogP contribution in [0.5, 0.6) is 11.5 Å². The van der Waals surface area contributed by atoms with E-state index in [9.17, 15) is 0 Å². The lowest BCUT2D eigenvalue weighted by atomic mass is 10.1. The van der Waals surface area contributed by atoms with E-state index in [2.05, 4.69) is 0 Å². The predicted molar refractivity (Wildman–Crippen MR) is 62.8 cm³/mol. The van der Waals surface area contributed by atoms with E-state index in [-0.39, 0.29) is 12.6 Å². The van der Waals surface area contributed by atoms with Crippen molar-refractivity contribution in [1.29, 1.82) is 0 Å². The summed E-state index contributed by atoms with van der Waals surface area (Å²) < 4.78 is 10.6. The molecule has 0 aliphatic rings. The van der Waals surface area contributed by atoms with E-state index in [0.717, 1.165) is 5.56 Å². The highest BCUT2D eigenvalue weighted by molar-refractivity contribution is 5.43. The van der Waals surface area contributed by atoms with Gasteiger partial charge in [0.1, 0.15) is 6.61 Å². The van der Waals surface area contributed by atoms with Crippen LogP contribution >= 0.6 is 0 Å². The first-order valence-corrected chi connectivity index (χ1v) is 5.29. The van der Waals surface area contributed by atoms with E-state index < -0.39 is 6.10 Å². The molecule has 0 saturated carbocycles. The molecular weight excluding hydrogens is 206 g/mol. The summed E-state index contributed by atoms with van der Waals surface area (Å²) in [5.41, 5.74) is 6.76. The van der Waals surface area contributed by atoms with Crippen LogP contribution in [0.3, 0.4) is 0 Å². The van der Waals surface area contributed by atoms with E-state index in [0.29, 0.717) is 11.5 Å². The van der Waals surface area contributed by atoms with E-state index in [4.69, 9.17) is 20.3 Å². The summed E-state index contributed by atoms with van der Waals surface area (Å²) in [6.07, 6.45) is -0.502. The molecule has 0 radical (unpaired) electrons. The highest BCUT2D eigenvalue weighted by Crippen LogP contribution is 2.29. The quantitative estimate of drug-likeness (QED) is 0.796. The molecule has 4 heteroatoms. The van der Waals surface area contributed by atoms with E-state index >= 15 is 0 Å². The van der Waals surface area contributed by atoms with Gasteiger partial charge in [-0.3, -0.25) is 0 Å². The minimum absolute atomic E-state index is 0.0419. The molecule has 0 saturated heterocycles. The maximum atomic E-state index is 9.13. The van der Waals surface area contributed by atoms with Crippen molar-refractivity contribution >= 4 is 0 Å². The van der Waals surface area contributed by atoms with Crippen LogP contribution in [0.25, 0.3) is 0 Å². The van der Waals surface area contributed by atoms with Gasteiger partial charge in [-0.15, -0.1) is 0 Å². The van der Waals surface area contributed by atoms with Gasteiger partial charge in [0.05, 0.1) is 13.2 Å². The number of nitrogens with two attached hydrogens (primary N) is 1. The van der Waals surface area contributed by atoms with Gasteiger partial charge in [0.25, 0.3) is 0 Å². The first-order chi connectivity index (χ1) is 7.54. The number of rotatable bonds is 5. The van der Waals surface area contributed by atoms with Crippen molar-refractivity contribution in [3.63, 3.8) is 0 Å². The summed E-state index contributed by atoms with van der Waals surface area (Å²) in [6.45, 7) is 3.82. The summed E-state index contributed by atoms with van der Waals surface area (Å²) in [4.78, 5) is 0. The Morgan fingerprint density at radius 2 is 2.00 bits per heavy atom. The summed E-state index contributed by atoms with van der Waals surface area (Å²) in [5, 5.41) is 9.13. The summed E-state index contributed by atoms with van der Waals surface area (Å²) >= 11 is 0. The molecule has 90 valence electrons. The van der Waals surface area contributed by atoms with Crippen LogP contribution < -0.4 is 15.2 Å². The molecule has 0 bridgehead atoms. The number of aliphatic hydroxyl groups excluding tert-OH is 1. The third-order valence-electron chi connectivity index (χ3n) is 2.19. The van der Waals surface area contributed by atoms with Crippen LogP contribution in [0.2, 0.25) is 0 Å². The second-order valence-corrected chi connectivity index (χ2v) is 3.86. The molecule has 16 heavy (non-hydrogen) atoms. The number of hydrogen-bond donors (Lipinski definition) is 2. The molecule has 0 amide bonds. The van der Waals surface area contributed by atoms with Crippen LogP contribution in [0, 0.1) is 0 Å². The third kappa shape index (κ3) is 3.40. The molecule has 0 aliphatic carbocycles. The normalized spacial score (nSPS) is 14.3. The average molecular weight is 225 g/mol. The maximum Gasteiger partial charge on any atom is 0.161 e. The van der Waals surface area contributed by atoms with Crippen molar-refractivity contribution < 1.29 is 14.6 Å². The Bertz CT molecular complexity index is 337. The number of methoxy groups -OCH3 is 1. The molecule has 2 atom stereocenters. The molecule has 3 N–H and O–H groups in total. The van der Waals surface area contributed by atoms with E-state index in [1.165, 1.54) is 0 Å². The first-order valence-electron chi connectivity index (χ1n) is 5.29. The molecule has 0 aliphatic heterocycles. The number of ether oxygens (including phenoxy) is 2. The molecule has 4 nitrogen and oxygen atoms in total. The zero-order chi connectivity index (χ0) is 12.1. The molecule has 0 fully saturated rings. The van der Waals surface area contributed by atoms with Gasteiger partial charge in [0, 0.05) is 6.04 Å². The lowest BCUT2D eigenvalue weighted by molar-refractivity contribution is 0.120. The second-order valence-electron chi connectivity index (χ2n) is 3.86. The Balaban J connectivity index is 2.84. The molecule has 1 aromatic rings.